The minimum absolute atomic E-state index is 1.09. The third-order valence-electron chi connectivity index (χ3n) is 12.0. The summed E-state index contributed by atoms with van der Waals surface area (Å²) >= 11 is 0. The van der Waals surface area contributed by atoms with E-state index in [1.807, 2.05) is 0 Å². The Bertz CT molecular complexity index is 3310. The van der Waals surface area contributed by atoms with Crippen LogP contribution in [0.5, 0.6) is 0 Å². The van der Waals surface area contributed by atoms with Crippen LogP contribution in [0.3, 0.4) is 0 Å². The highest BCUT2D eigenvalue weighted by atomic mass is 15.1. The number of hydrogen-bond acceptors (Lipinski definition) is 2. The Morgan fingerprint density at radius 1 is 0.210 bits per heavy atom. The van der Waals surface area contributed by atoms with Gasteiger partial charge in [0.05, 0.1) is 5.69 Å². The first-order chi connectivity index (χ1) is 30.7. The minimum Gasteiger partial charge on any atom is -0.311 e. The Kier molecular flexibility index (Phi) is 9.57. The van der Waals surface area contributed by atoms with E-state index in [1.54, 1.807) is 0 Å². The van der Waals surface area contributed by atoms with Crippen molar-refractivity contribution in [1.82, 2.24) is 0 Å². The first-order valence-corrected chi connectivity index (χ1v) is 21.2. The van der Waals surface area contributed by atoms with Gasteiger partial charge in [0, 0.05) is 33.8 Å². The minimum atomic E-state index is 1.09. The van der Waals surface area contributed by atoms with E-state index in [-0.39, 0.29) is 0 Å². The topological polar surface area (TPSA) is 6.48 Å². The SMILES string of the molecule is c1ccc(-c2ccc(N(c3ccc(-c4ccc(N(c5ccc6ccccc6c5)c5cccc6ccccc56)cc4)cc3)c3ccc(-c4cccc5ccccc45)cc3)cc2)cc1. The normalized spacial score (nSPS) is 11.2. The van der Waals surface area contributed by atoms with Gasteiger partial charge < -0.3 is 9.80 Å². The van der Waals surface area contributed by atoms with Gasteiger partial charge in [0.15, 0.2) is 0 Å². The largest absolute Gasteiger partial charge is 0.311 e. The van der Waals surface area contributed by atoms with Crippen molar-refractivity contribution in [3.8, 4) is 33.4 Å². The van der Waals surface area contributed by atoms with Crippen LogP contribution >= 0.6 is 0 Å². The van der Waals surface area contributed by atoms with Crippen molar-refractivity contribution in [3.05, 3.63) is 255 Å². The maximum atomic E-state index is 2.38. The molecule has 2 nitrogen and oxygen atoms in total. The van der Waals surface area contributed by atoms with E-state index in [1.165, 1.54) is 54.6 Å². The van der Waals surface area contributed by atoms with Crippen molar-refractivity contribution in [2.45, 2.75) is 0 Å². The summed E-state index contributed by atoms with van der Waals surface area (Å²) in [6.07, 6.45) is 0. The summed E-state index contributed by atoms with van der Waals surface area (Å²) in [6, 6.07) is 92.1. The third-order valence-corrected chi connectivity index (χ3v) is 12.0. The molecule has 0 atom stereocenters. The zero-order valence-corrected chi connectivity index (χ0v) is 34.1. The van der Waals surface area contributed by atoms with Gasteiger partial charge in [0.1, 0.15) is 0 Å². The molecule has 0 aromatic heterocycles. The van der Waals surface area contributed by atoms with Gasteiger partial charge in [-0.25, -0.2) is 0 Å². The summed E-state index contributed by atoms with van der Waals surface area (Å²) in [7, 11) is 0. The molecule has 11 aromatic carbocycles. The summed E-state index contributed by atoms with van der Waals surface area (Å²) in [4.78, 5) is 4.73. The smallest absolute Gasteiger partial charge is 0.0540 e. The molecule has 62 heavy (non-hydrogen) atoms. The number of hydrogen-bond donors (Lipinski definition) is 0. The average molecular weight is 791 g/mol. The lowest BCUT2D eigenvalue weighted by atomic mass is 9.98. The fourth-order valence-electron chi connectivity index (χ4n) is 8.90. The molecule has 0 unspecified atom stereocenters. The fraction of sp³-hybridized carbons (Fsp3) is 0. The molecular formula is C60H42N2. The summed E-state index contributed by atoms with van der Waals surface area (Å²) in [6.45, 7) is 0. The highest BCUT2D eigenvalue weighted by molar-refractivity contribution is 6.00. The molecule has 0 aliphatic rings. The lowest BCUT2D eigenvalue weighted by molar-refractivity contribution is 1.28. The lowest BCUT2D eigenvalue weighted by Crippen LogP contribution is -2.10. The van der Waals surface area contributed by atoms with Crippen LogP contribution in [0, 0.1) is 0 Å². The molecule has 0 saturated carbocycles. The molecule has 0 fully saturated rings. The summed E-state index contributed by atoms with van der Waals surface area (Å²) in [5.41, 5.74) is 13.8. The molecule has 0 heterocycles. The second-order valence-electron chi connectivity index (χ2n) is 15.8. The van der Waals surface area contributed by atoms with Gasteiger partial charge in [-0.05, 0) is 127 Å². The molecule has 11 aromatic rings. The highest BCUT2D eigenvalue weighted by Gasteiger charge is 2.18. The van der Waals surface area contributed by atoms with Gasteiger partial charge in [-0.2, -0.15) is 0 Å². The number of nitrogens with zero attached hydrogens (tertiary/aromatic N) is 2. The molecule has 0 saturated heterocycles. The van der Waals surface area contributed by atoms with Gasteiger partial charge in [-0.3, -0.25) is 0 Å². The van der Waals surface area contributed by atoms with Gasteiger partial charge in [0.2, 0.25) is 0 Å². The van der Waals surface area contributed by atoms with E-state index in [4.69, 9.17) is 0 Å². The van der Waals surface area contributed by atoms with Crippen LogP contribution < -0.4 is 9.80 Å². The summed E-state index contributed by atoms with van der Waals surface area (Å²) < 4.78 is 0. The maximum Gasteiger partial charge on any atom is 0.0540 e. The van der Waals surface area contributed by atoms with Crippen LogP contribution in [0.25, 0.3) is 65.7 Å². The molecule has 0 bridgehead atoms. The average Bonchev–Trinajstić information content (AvgIpc) is 3.35. The molecule has 0 aliphatic carbocycles. The number of anilines is 6. The molecule has 0 spiro atoms. The van der Waals surface area contributed by atoms with E-state index < -0.39 is 0 Å². The Morgan fingerprint density at radius 2 is 0.613 bits per heavy atom. The molecule has 11 rings (SSSR count). The predicted molar refractivity (Wildman–Crippen MR) is 265 cm³/mol. The van der Waals surface area contributed by atoms with Crippen LogP contribution in [0.4, 0.5) is 34.1 Å². The van der Waals surface area contributed by atoms with Crippen molar-refractivity contribution in [2.24, 2.45) is 0 Å². The molecule has 2 heteroatoms. The first-order valence-electron chi connectivity index (χ1n) is 21.2. The zero-order chi connectivity index (χ0) is 41.2. The predicted octanol–water partition coefficient (Wildman–Crippen LogP) is 17.1. The van der Waals surface area contributed by atoms with Crippen molar-refractivity contribution in [1.29, 1.82) is 0 Å². The van der Waals surface area contributed by atoms with E-state index in [0.717, 1.165) is 45.3 Å². The first kappa shape index (κ1) is 36.8. The Hall–Kier alpha value is -8.20. The molecule has 0 radical (unpaired) electrons. The van der Waals surface area contributed by atoms with Gasteiger partial charge in [-0.1, -0.05) is 188 Å². The number of rotatable bonds is 9. The van der Waals surface area contributed by atoms with Crippen molar-refractivity contribution in [2.75, 3.05) is 9.80 Å². The Balaban J connectivity index is 0.943. The second-order valence-corrected chi connectivity index (χ2v) is 15.8. The molecule has 0 N–H and O–H groups in total. The van der Waals surface area contributed by atoms with Crippen LogP contribution in [0.2, 0.25) is 0 Å². The highest BCUT2D eigenvalue weighted by Crippen LogP contribution is 2.42. The van der Waals surface area contributed by atoms with Crippen LogP contribution in [-0.2, 0) is 0 Å². The Morgan fingerprint density at radius 3 is 1.21 bits per heavy atom. The third kappa shape index (κ3) is 7.04. The van der Waals surface area contributed by atoms with Gasteiger partial charge in [0.25, 0.3) is 0 Å². The van der Waals surface area contributed by atoms with Gasteiger partial charge >= 0.3 is 0 Å². The fourth-order valence-corrected chi connectivity index (χ4v) is 8.90. The molecule has 0 aliphatic heterocycles. The lowest BCUT2D eigenvalue weighted by Gasteiger charge is -2.27. The van der Waals surface area contributed by atoms with E-state index in [9.17, 15) is 0 Å². The summed E-state index contributed by atoms with van der Waals surface area (Å²) in [5.74, 6) is 0. The second kappa shape index (κ2) is 16.1. The van der Waals surface area contributed by atoms with Crippen molar-refractivity contribution < 1.29 is 0 Å². The number of benzene rings is 11. The number of fused-ring (bicyclic) bond motifs is 3. The molecule has 292 valence electrons. The van der Waals surface area contributed by atoms with Crippen molar-refractivity contribution in [3.63, 3.8) is 0 Å². The van der Waals surface area contributed by atoms with Crippen molar-refractivity contribution >= 4 is 66.4 Å². The zero-order valence-electron chi connectivity index (χ0n) is 34.1. The van der Waals surface area contributed by atoms with Crippen LogP contribution in [-0.4, -0.2) is 0 Å². The summed E-state index contributed by atoms with van der Waals surface area (Å²) in [5, 5.41) is 7.38. The Labute approximate surface area is 362 Å². The van der Waals surface area contributed by atoms with E-state index >= 15 is 0 Å². The van der Waals surface area contributed by atoms with Gasteiger partial charge in [-0.15, -0.1) is 0 Å². The van der Waals surface area contributed by atoms with Crippen LogP contribution in [0.15, 0.2) is 255 Å². The standard InChI is InChI=1S/C60H42N2/c1-2-12-43(13-3-1)45-24-33-52(34-25-45)61(54-39-31-50(32-40-54)58-22-10-18-48-15-6-8-20-57(48)58)53-35-26-46(27-36-53)47-28-37-55(38-29-47)62(56-41-30-44-14-4-5-17-51(44)42-56)60-23-11-19-49-16-7-9-21-59(49)60/h1-42H. The quantitative estimate of drug-likeness (QED) is 0.144. The molecular weight excluding hydrogens is 749 g/mol. The van der Waals surface area contributed by atoms with E-state index in [0.29, 0.717) is 0 Å². The van der Waals surface area contributed by atoms with Crippen LogP contribution in [0.1, 0.15) is 0 Å². The monoisotopic (exact) mass is 790 g/mol. The van der Waals surface area contributed by atoms with E-state index in [2.05, 4.69) is 265 Å². The molecule has 0 amide bonds. The maximum absolute atomic E-state index is 2.38.